The van der Waals surface area contributed by atoms with E-state index in [1.54, 1.807) is 43.5 Å². The molecule has 34 heavy (non-hydrogen) atoms. The summed E-state index contributed by atoms with van der Waals surface area (Å²) in [5.74, 6) is -0.821. The number of carbonyl (C=O) groups is 3. The number of methoxy groups -OCH3 is 1. The minimum atomic E-state index is -0.439. The van der Waals surface area contributed by atoms with Crippen LogP contribution in [-0.2, 0) is 20.9 Å². The molecule has 7 nitrogen and oxygen atoms in total. The third-order valence-electron chi connectivity index (χ3n) is 5.50. The predicted octanol–water partition coefficient (Wildman–Crippen LogP) is 4.13. The predicted molar refractivity (Wildman–Crippen MR) is 130 cm³/mol. The first-order valence-corrected chi connectivity index (χ1v) is 11.6. The molecule has 0 bridgehead atoms. The van der Waals surface area contributed by atoms with Crippen LogP contribution in [0, 0.1) is 11.7 Å². The Labute approximate surface area is 200 Å². The lowest BCUT2D eigenvalue weighted by molar-refractivity contribution is -0.140. The zero-order chi connectivity index (χ0) is 24.9. The second kappa shape index (κ2) is 14.0. The summed E-state index contributed by atoms with van der Waals surface area (Å²) in [7, 11) is 1.56. The van der Waals surface area contributed by atoms with Crippen LogP contribution in [0.15, 0.2) is 48.5 Å². The van der Waals surface area contributed by atoms with Gasteiger partial charge in [0.25, 0.3) is 0 Å². The fourth-order valence-corrected chi connectivity index (χ4v) is 3.52. The van der Waals surface area contributed by atoms with Crippen molar-refractivity contribution in [3.63, 3.8) is 0 Å². The van der Waals surface area contributed by atoms with E-state index in [-0.39, 0.29) is 43.2 Å². The Morgan fingerprint density at radius 1 is 1.00 bits per heavy atom. The molecule has 1 atom stereocenters. The maximum Gasteiger partial charge on any atom is 0.243 e. The first kappa shape index (κ1) is 26.8. The van der Waals surface area contributed by atoms with Crippen LogP contribution >= 0.6 is 0 Å². The monoisotopic (exact) mass is 471 g/mol. The Morgan fingerprint density at radius 2 is 1.68 bits per heavy atom. The van der Waals surface area contributed by atoms with Gasteiger partial charge in [-0.1, -0.05) is 38.8 Å². The van der Waals surface area contributed by atoms with Crippen molar-refractivity contribution in [1.29, 1.82) is 0 Å². The molecule has 8 heteroatoms. The quantitative estimate of drug-likeness (QED) is 0.460. The molecule has 2 aromatic carbocycles. The summed E-state index contributed by atoms with van der Waals surface area (Å²) in [4.78, 5) is 39.5. The molecular weight excluding hydrogens is 437 g/mol. The molecule has 3 amide bonds. The van der Waals surface area contributed by atoms with Crippen LogP contribution in [0.3, 0.4) is 0 Å². The highest BCUT2D eigenvalue weighted by atomic mass is 19.1. The number of hydrogen-bond donors (Lipinski definition) is 2. The van der Waals surface area contributed by atoms with E-state index in [1.807, 2.05) is 6.92 Å². The largest absolute Gasteiger partial charge is 0.497 e. The number of nitrogens with zero attached hydrogens (tertiary/aromatic N) is 1. The number of hydrogen-bond acceptors (Lipinski definition) is 4. The third kappa shape index (κ3) is 8.84. The molecule has 2 rings (SSSR count). The SMILES string of the molecule is CCCCC(CC)C(=O)N(CC(=O)NCC(=O)Nc1ccc(OC)cc1)Cc1ccc(F)cc1. The van der Waals surface area contributed by atoms with Crippen molar-refractivity contribution >= 4 is 23.4 Å². The standard InChI is InChI=1S/C26H34FN3O4/c1-4-6-7-20(5-2)26(33)30(17-19-8-10-21(27)11-9-19)18-25(32)28-16-24(31)29-22-12-14-23(34-3)15-13-22/h8-15,20H,4-7,16-18H2,1-3H3,(H,28,32)(H,29,31). The van der Waals surface area contributed by atoms with Crippen molar-refractivity contribution in [2.24, 2.45) is 5.92 Å². The van der Waals surface area contributed by atoms with Crippen LogP contribution in [0.1, 0.15) is 45.1 Å². The van der Waals surface area contributed by atoms with Crippen LogP contribution < -0.4 is 15.4 Å². The lowest BCUT2D eigenvalue weighted by atomic mass is 9.97. The fraction of sp³-hybridized carbons (Fsp3) is 0.423. The van der Waals surface area contributed by atoms with Crippen LogP contribution in [0.25, 0.3) is 0 Å². The average molecular weight is 472 g/mol. The first-order valence-electron chi connectivity index (χ1n) is 11.6. The molecule has 0 aliphatic rings. The molecule has 0 saturated heterocycles. The van der Waals surface area contributed by atoms with Gasteiger partial charge in [-0.15, -0.1) is 0 Å². The summed E-state index contributed by atoms with van der Waals surface area (Å²) in [5.41, 5.74) is 1.31. The van der Waals surface area contributed by atoms with Gasteiger partial charge in [-0.2, -0.15) is 0 Å². The second-order valence-corrected chi connectivity index (χ2v) is 8.12. The summed E-state index contributed by atoms with van der Waals surface area (Å²) in [6.45, 7) is 3.80. The minimum absolute atomic E-state index is 0.113. The zero-order valence-electron chi connectivity index (χ0n) is 20.1. The molecule has 2 N–H and O–H groups in total. The Kier molecular flexibility index (Phi) is 11.0. The fourth-order valence-electron chi connectivity index (χ4n) is 3.52. The summed E-state index contributed by atoms with van der Waals surface area (Å²) in [5, 5.41) is 5.27. The second-order valence-electron chi connectivity index (χ2n) is 8.12. The number of benzene rings is 2. The molecule has 0 aliphatic heterocycles. The van der Waals surface area contributed by atoms with Gasteiger partial charge in [0, 0.05) is 18.2 Å². The molecular formula is C26H34FN3O4. The number of ether oxygens (including phenoxy) is 1. The number of anilines is 1. The minimum Gasteiger partial charge on any atom is -0.497 e. The van der Waals surface area contributed by atoms with E-state index in [4.69, 9.17) is 4.74 Å². The van der Waals surface area contributed by atoms with E-state index in [9.17, 15) is 18.8 Å². The van der Waals surface area contributed by atoms with Gasteiger partial charge < -0.3 is 20.3 Å². The Morgan fingerprint density at radius 3 is 2.26 bits per heavy atom. The summed E-state index contributed by atoms with van der Waals surface area (Å²) in [6.07, 6.45) is 3.32. The lowest BCUT2D eigenvalue weighted by Crippen LogP contribution is -2.44. The smallest absolute Gasteiger partial charge is 0.243 e. The van der Waals surface area contributed by atoms with Gasteiger partial charge in [-0.05, 0) is 54.8 Å². The van der Waals surface area contributed by atoms with E-state index in [0.717, 1.165) is 24.8 Å². The number of halogens is 1. The summed E-state index contributed by atoms with van der Waals surface area (Å²) >= 11 is 0. The Hall–Kier alpha value is -3.42. The van der Waals surface area contributed by atoms with E-state index in [0.29, 0.717) is 17.9 Å². The number of amides is 3. The molecule has 1 unspecified atom stereocenters. The molecule has 0 saturated carbocycles. The van der Waals surface area contributed by atoms with Crippen LogP contribution in [0.5, 0.6) is 5.75 Å². The first-order chi connectivity index (χ1) is 16.4. The number of nitrogens with one attached hydrogen (secondary N) is 2. The number of carbonyl (C=O) groups excluding carboxylic acids is 3. The van der Waals surface area contributed by atoms with E-state index in [2.05, 4.69) is 17.6 Å². The van der Waals surface area contributed by atoms with Crippen molar-refractivity contribution in [1.82, 2.24) is 10.2 Å². The third-order valence-corrected chi connectivity index (χ3v) is 5.50. The van der Waals surface area contributed by atoms with E-state index < -0.39 is 5.91 Å². The van der Waals surface area contributed by atoms with Gasteiger partial charge in [0.05, 0.1) is 20.2 Å². The normalized spacial score (nSPS) is 11.4. The summed E-state index contributed by atoms with van der Waals surface area (Å²) < 4.78 is 18.4. The van der Waals surface area contributed by atoms with Gasteiger partial charge in [0.2, 0.25) is 17.7 Å². The van der Waals surface area contributed by atoms with Crippen molar-refractivity contribution in [3.8, 4) is 5.75 Å². The van der Waals surface area contributed by atoms with Crippen LogP contribution in [0.4, 0.5) is 10.1 Å². The molecule has 2 aromatic rings. The van der Waals surface area contributed by atoms with Gasteiger partial charge in [-0.3, -0.25) is 14.4 Å². The van der Waals surface area contributed by atoms with Crippen molar-refractivity contribution in [2.75, 3.05) is 25.5 Å². The average Bonchev–Trinajstić information content (AvgIpc) is 2.84. The molecule has 0 fully saturated rings. The molecule has 0 heterocycles. The zero-order valence-corrected chi connectivity index (χ0v) is 20.1. The molecule has 0 spiro atoms. The Balaban J connectivity index is 1.98. The van der Waals surface area contributed by atoms with Crippen LogP contribution in [-0.4, -0.2) is 42.8 Å². The number of unbranched alkanes of at least 4 members (excludes halogenated alkanes) is 1. The summed E-state index contributed by atoms with van der Waals surface area (Å²) in [6, 6.07) is 12.7. The maximum absolute atomic E-state index is 13.3. The van der Waals surface area contributed by atoms with Crippen molar-refractivity contribution in [2.45, 2.75) is 46.1 Å². The number of rotatable bonds is 13. The van der Waals surface area contributed by atoms with Gasteiger partial charge in [0.1, 0.15) is 11.6 Å². The lowest BCUT2D eigenvalue weighted by Gasteiger charge is -2.27. The highest BCUT2D eigenvalue weighted by molar-refractivity contribution is 5.95. The Bertz CT molecular complexity index is 932. The highest BCUT2D eigenvalue weighted by Gasteiger charge is 2.25. The van der Waals surface area contributed by atoms with Crippen molar-refractivity contribution in [3.05, 3.63) is 59.9 Å². The molecule has 184 valence electrons. The van der Waals surface area contributed by atoms with Gasteiger partial charge in [-0.25, -0.2) is 4.39 Å². The van der Waals surface area contributed by atoms with Crippen molar-refractivity contribution < 1.29 is 23.5 Å². The van der Waals surface area contributed by atoms with Crippen LogP contribution in [0.2, 0.25) is 0 Å². The molecule has 0 aliphatic carbocycles. The van der Waals surface area contributed by atoms with E-state index >= 15 is 0 Å². The maximum atomic E-state index is 13.3. The van der Waals surface area contributed by atoms with Gasteiger partial charge in [0.15, 0.2) is 0 Å². The topological polar surface area (TPSA) is 87.7 Å². The molecule has 0 radical (unpaired) electrons. The molecule has 0 aromatic heterocycles. The highest BCUT2D eigenvalue weighted by Crippen LogP contribution is 2.18. The van der Waals surface area contributed by atoms with Gasteiger partial charge >= 0.3 is 0 Å². The van der Waals surface area contributed by atoms with E-state index in [1.165, 1.54) is 17.0 Å².